The van der Waals surface area contributed by atoms with E-state index in [-0.39, 0.29) is 5.75 Å². The summed E-state index contributed by atoms with van der Waals surface area (Å²) in [7, 11) is 0. The van der Waals surface area contributed by atoms with Crippen molar-refractivity contribution in [1.82, 2.24) is 0 Å². The van der Waals surface area contributed by atoms with Crippen LogP contribution in [-0.4, -0.2) is 5.11 Å². The zero-order valence-corrected chi connectivity index (χ0v) is 8.93. The lowest BCUT2D eigenvalue weighted by Gasteiger charge is -2.02. The average molecular weight is 216 g/mol. The van der Waals surface area contributed by atoms with Gasteiger partial charge >= 0.3 is 5.63 Å². The van der Waals surface area contributed by atoms with E-state index in [1.54, 1.807) is 0 Å². The summed E-state index contributed by atoms with van der Waals surface area (Å²) in [6.45, 7) is 2.05. The molecule has 0 radical (unpaired) electrons. The first-order chi connectivity index (χ1) is 7.69. The molecule has 0 fully saturated rings. The van der Waals surface area contributed by atoms with Crippen LogP contribution in [0.3, 0.4) is 0 Å². The Morgan fingerprint density at radius 1 is 1.25 bits per heavy atom. The summed E-state index contributed by atoms with van der Waals surface area (Å²) in [4.78, 5) is 11.1. The van der Waals surface area contributed by atoms with Crippen molar-refractivity contribution in [3.8, 4) is 17.1 Å². The Bertz CT molecular complexity index is 555. The molecule has 0 saturated heterocycles. The van der Waals surface area contributed by atoms with Gasteiger partial charge in [0, 0.05) is 11.6 Å². The van der Waals surface area contributed by atoms with E-state index in [0.717, 1.165) is 23.6 Å². The molecule has 1 N–H and O–H groups in total. The first-order valence-corrected chi connectivity index (χ1v) is 5.12. The normalized spacial score (nSPS) is 10.3. The van der Waals surface area contributed by atoms with Crippen LogP contribution in [0.5, 0.6) is 5.75 Å². The molecule has 1 aromatic heterocycles. The summed E-state index contributed by atoms with van der Waals surface area (Å²) in [5, 5.41) is 9.32. The van der Waals surface area contributed by atoms with Crippen LogP contribution in [0, 0.1) is 0 Å². The highest BCUT2D eigenvalue weighted by atomic mass is 16.4. The molecule has 0 spiro atoms. The van der Waals surface area contributed by atoms with Gasteiger partial charge < -0.3 is 9.52 Å². The Morgan fingerprint density at radius 3 is 2.75 bits per heavy atom. The maximum absolute atomic E-state index is 11.1. The van der Waals surface area contributed by atoms with E-state index in [1.807, 2.05) is 24.3 Å². The maximum Gasteiger partial charge on any atom is 0.339 e. The van der Waals surface area contributed by atoms with Crippen LogP contribution in [0.1, 0.15) is 12.5 Å². The van der Waals surface area contributed by atoms with E-state index in [4.69, 9.17) is 4.42 Å². The second-order valence-corrected chi connectivity index (χ2v) is 3.55. The van der Waals surface area contributed by atoms with E-state index < -0.39 is 5.63 Å². The van der Waals surface area contributed by atoms with Crippen LogP contribution in [-0.2, 0) is 6.42 Å². The van der Waals surface area contributed by atoms with Gasteiger partial charge in [0.25, 0.3) is 0 Å². The van der Waals surface area contributed by atoms with Gasteiger partial charge in [0.1, 0.15) is 11.5 Å². The fraction of sp³-hybridized carbons (Fsp3) is 0.154. The standard InChI is InChI=1S/C13H12O3/c1-2-9-4-3-5-10(6-9)12-7-11(14)8-13(15)16-12/h3-8,14H,2H2,1H3. The van der Waals surface area contributed by atoms with E-state index >= 15 is 0 Å². The molecule has 0 atom stereocenters. The molecule has 0 aliphatic heterocycles. The third-order valence-corrected chi connectivity index (χ3v) is 2.38. The molecule has 0 bridgehead atoms. The smallest absolute Gasteiger partial charge is 0.339 e. The van der Waals surface area contributed by atoms with E-state index in [9.17, 15) is 9.90 Å². The summed E-state index contributed by atoms with van der Waals surface area (Å²) < 4.78 is 5.03. The molecule has 0 amide bonds. The predicted molar refractivity (Wildman–Crippen MR) is 61.5 cm³/mol. The number of aryl methyl sites for hydroxylation is 1. The fourth-order valence-electron chi connectivity index (χ4n) is 1.55. The van der Waals surface area contributed by atoms with Crippen LogP contribution in [0.15, 0.2) is 45.6 Å². The topological polar surface area (TPSA) is 50.4 Å². The molecule has 0 unspecified atom stereocenters. The lowest BCUT2D eigenvalue weighted by molar-refractivity contribution is 0.453. The molecule has 1 heterocycles. The third-order valence-electron chi connectivity index (χ3n) is 2.38. The molecule has 82 valence electrons. The van der Waals surface area contributed by atoms with Crippen molar-refractivity contribution >= 4 is 0 Å². The molecule has 1 aromatic carbocycles. The molecular weight excluding hydrogens is 204 g/mol. The van der Waals surface area contributed by atoms with Crippen molar-refractivity contribution in [2.24, 2.45) is 0 Å². The van der Waals surface area contributed by atoms with Crippen molar-refractivity contribution < 1.29 is 9.52 Å². The second kappa shape index (κ2) is 4.23. The van der Waals surface area contributed by atoms with Gasteiger partial charge in [0.2, 0.25) is 0 Å². The monoisotopic (exact) mass is 216 g/mol. The van der Waals surface area contributed by atoms with Crippen molar-refractivity contribution in [2.75, 3.05) is 0 Å². The second-order valence-electron chi connectivity index (χ2n) is 3.55. The average Bonchev–Trinajstić information content (AvgIpc) is 2.28. The van der Waals surface area contributed by atoms with Crippen LogP contribution in [0.2, 0.25) is 0 Å². The highest BCUT2D eigenvalue weighted by Gasteiger charge is 2.04. The summed E-state index contributed by atoms with van der Waals surface area (Å²) in [5.41, 5.74) is 1.41. The van der Waals surface area contributed by atoms with Gasteiger partial charge in [-0.15, -0.1) is 0 Å². The number of hydrogen-bond acceptors (Lipinski definition) is 3. The summed E-state index contributed by atoms with van der Waals surface area (Å²) in [6.07, 6.45) is 0.914. The van der Waals surface area contributed by atoms with Gasteiger partial charge in [-0.2, -0.15) is 0 Å². The minimum Gasteiger partial charge on any atom is -0.508 e. The van der Waals surface area contributed by atoms with Gasteiger partial charge in [-0.05, 0) is 18.1 Å². The molecule has 3 nitrogen and oxygen atoms in total. The van der Waals surface area contributed by atoms with Crippen LogP contribution in [0.25, 0.3) is 11.3 Å². The Morgan fingerprint density at radius 2 is 2.06 bits per heavy atom. The molecule has 0 aliphatic rings. The zero-order valence-electron chi connectivity index (χ0n) is 8.93. The summed E-state index contributed by atoms with van der Waals surface area (Å²) >= 11 is 0. The first-order valence-electron chi connectivity index (χ1n) is 5.12. The molecular formula is C13H12O3. The van der Waals surface area contributed by atoms with Crippen molar-refractivity contribution in [2.45, 2.75) is 13.3 Å². The van der Waals surface area contributed by atoms with Crippen LogP contribution >= 0.6 is 0 Å². The first kappa shape index (κ1) is 10.5. The predicted octanol–water partition coefficient (Wildman–Crippen LogP) is 2.57. The van der Waals surface area contributed by atoms with E-state index in [0.29, 0.717) is 5.76 Å². The third kappa shape index (κ3) is 2.14. The number of hydrogen-bond donors (Lipinski definition) is 1. The number of rotatable bonds is 2. The Hall–Kier alpha value is -2.03. The van der Waals surface area contributed by atoms with Gasteiger partial charge in [-0.1, -0.05) is 25.1 Å². The molecule has 2 rings (SSSR count). The quantitative estimate of drug-likeness (QED) is 0.839. The molecule has 16 heavy (non-hydrogen) atoms. The van der Waals surface area contributed by atoms with E-state index in [1.165, 1.54) is 6.07 Å². The maximum atomic E-state index is 11.1. The molecule has 2 aromatic rings. The Kier molecular flexibility index (Phi) is 2.77. The molecule has 0 aliphatic carbocycles. The molecule has 0 saturated carbocycles. The fourth-order valence-corrected chi connectivity index (χ4v) is 1.55. The summed E-state index contributed by atoms with van der Waals surface area (Å²) in [6, 6.07) is 10.2. The molecule has 3 heteroatoms. The highest BCUT2D eigenvalue weighted by molar-refractivity contribution is 5.59. The van der Waals surface area contributed by atoms with Crippen molar-refractivity contribution in [3.05, 3.63) is 52.4 Å². The highest BCUT2D eigenvalue weighted by Crippen LogP contribution is 2.22. The zero-order chi connectivity index (χ0) is 11.5. The number of aromatic hydroxyl groups is 1. The Labute approximate surface area is 93.0 Å². The lowest BCUT2D eigenvalue weighted by Crippen LogP contribution is -1.96. The minimum atomic E-state index is -0.545. The SMILES string of the molecule is CCc1cccc(-c2cc(O)cc(=O)o2)c1. The van der Waals surface area contributed by atoms with Crippen molar-refractivity contribution in [1.29, 1.82) is 0 Å². The van der Waals surface area contributed by atoms with Crippen LogP contribution < -0.4 is 5.63 Å². The van der Waals surface area contributed by atoms with Gasteiger partial charge in [0.15, 0.2) is 0 Å². The Balaban J connectivity index is 2.53. The van der Waals surface area contributed by atoms with Crippen LogP contribution in [0.4, 0.5) is 0 Å². The van der Waals surface area contributed by atoms with Gasteiger partial charge in [0.05, 0.1) is 6.07 Å². The lowest BCUT2D eigenvalue weighted by atomic mass is 10.1. The number of benzene rings is 1. The van der Waals surface area contributed by atoms with Gasteiger partial charge in [-0.3, -0.25) is 0 Å². The van der Waals surface area contributed by atoms with Crippen molar-refractivity contribution in [3.63, 3.8) is 0 Å². The summed E-state index contributed by atoms with van der Waals surface area (Å²) in [5.74, 6) is 0.313. The minimum absolute atomic E-state index is 0.0758. The van der Waals surface area contributed by atoms with E-state index in [2.05, 4.69) is 6.92 Å². The van der Waals surface area contributed by atoms with Gasteiger partial charge in [-0.25, -0.2) is 4.79 Å². The largest absolute Gasteiger partial charge is 0.508 e.